The molecule has 0 N–H and O–H groups in total. The van der Waals surface area contributed by atoms with E-state index in [-0.39, 0.29) is 5.56 Å². The zero-order valence-electron chi connectivity index (χ0n) is 9.87. The van der Waals surface area contributed by atoms with Crippen LogP contribution >= 0.6 is 0 Å². The lowest BCUT2D eigenvalue weighted by Crippen LogP contribution is -2.22. The smallest absolute Gasteiger partial charge is 0.255 e. The Labute approximate surface area is 93.5 Å². The fourth-order valence-corrected chi connectivity index (χ4v) is 2.94. The van der Waals surface area contributed by atoms with Crippen molar-refractivity contribution in [1.29, 1.82) is 0 Å². The fourth-order valence-electron chi connectivity index (χ4n) is 2.94. The van der Waals surface area contributed by atoms with Crippen LogP contribution in [0.25, 0.3) is 11.0 Å². The topological polar surface area (TPSA) is 39.8 Å². The first-order valence-electron chi connectivity index (χ1n) is 5.65. The zero-order chi connectivity index (χ0) is 11.4. The van der Waals surface area contributed by atoms with Crippen molar-refractivity contribution in [3.8, 4) is 0 Å². The number of nitrogens with zero attached hydrogens (tertiary/aromatic N) is 3. The highest BCUT2D eigenvalue weighted by Gasteiger charge is 2.23. The molecule has 0 amide bonds. The maximum absolute atomic E-state index is 12.2. The Hall–Kier alpha value is -1.58. The van der Waals surface area contributed by atoms with Crippen LogP contribution in [-0.2, 0) is 26.9 Å². The molecule has 3 rings (SSSR count). The lowest BCUT2D eigenvalue weighted by atomic mass is 10.1. The van der Waals surface area contributed by atoms with Crippen LogP contribution in [0.4, 0.5) is 0 Å². The Kier molecular flexibility index (Phi) is 1.79. The first-order chi connectivity index (χ1) is 7.61. The summed E-state index contributed by atoms with van der Waals surface area (Å²) < 4.78 is 3.55. The molecule has 0 radical (unpaired) electrons. The fraction of sp³-hybridized carbons (Fsp3) is 0.500. The molecule has 0 atom stereocenters. The molecule has 0 saturated heterocycles. The third-order valence-electron chi connectivity index (χ3n) is 3.59. The molecule has 0 fully saturated rings. The highest BCUT2D eigenvalue weighted by molar-refractivity contribution is 5.84. The Balaban J connectivity index is 2.62. The summed E-state index contributed by atoms with van der Waals surface area (Å²) in [4.78, 5) is 12.2. The Morgan fingerprint density at radius 2 is 1.88 bits per heavy atom. The molecule has 2 aromatic heterocycles. The third kappa shape index (κ3) is 0.991. The van der Waals surface area contributed by atoms with Gasteiger partial charge in [0.2, 0.25) is 0 Å². The van der Waals surface area contributed by atoms with Gasteiger partial charge in [0, 0.05) is 25.0 Å². The number of fused-ring (bicyclic) bond motifs is 3. The van der Waals surface area contributed by atoms with Gasteiger partial charge in [-0.15, -0.1) is 0 Å². The van der Waals surface area contributed by atoms with Gasteiger partial charge in [-0.3, -0.25) is 14.0 Å². The van der Waals surface area contributed by atoms with Gasteiger partial charge in [0.1, 0.15) is 5.65 Å². The maximum atomic E-state index is 12.2. The van der Waals surface area contributed by atoms with Gasteiger partial charge in [-0.05, 0) is 31.7 Å². The standard InChI is InChI=1S/C12H15N3O/c1-7-10-8-5-4-6-9(8)12(16)14(2)11(10)15(3)13-7/h4-6H2,1-3H3. The van der Waals surface area contributed by atoms with Crippen molar-refractivity contribution in [2.45, 2.75) is 26.2 Å². The van der Waals surface area contributed by atoms with Gasteiger partial charge in [0.25, 0.3) is 5.56 Å². The number of aryl methyl sites for hydroxylation is 4. The first-order valence-corrected chi connectivity index (χ1v) is 5.65. The van der Waals surface area contributed by atoms with E-state index in [2.05, 4.69) is 5.10 Å². The quantitative estimate of drug-likeness (QED) is 0.662. The predicted octanol–water partition coefficient (Wildman–Crippen LogP) is 1.07. The van der Waals surface area contributed by atoms with Crippen LogP contribution in [0.5, 0.6) is 0 Å². The van der Waals surface area contributed by atoms with E-state index in [1.54, 1.807) is 4.57 Å². The highest BCUT2D eigenvalue weighted by atomic mass is 16.1. The van der Waals surface area contributed by atoms with Crippen LogP contribution in [0.2, 0.25) is 0 Å². The molecule has 84 valence electrons. The summed E-state index contributed by atoms with van der Waals surface area (Å²) in [5.74, 6) is 0. The molecular weight excluding hydrogens is 202 g/mol. The molecule has 4 heteroatoms. The van der Waals surface area contributed by atoms with E-state index in [0.717, 1.165) is 36.2 Å². The van der Waals surface area contributed by atoms with Crippen molar-refractivity contribution in [1.82, 2.24) is 14.3 Å². The minimum atomic E-state index is 0.156. The Bertz CT molecular complexity index is 649. The van der Waals surface area contributed by atoms with Crippen LogP contribution in [0.3, 0.4) is 0 Å². The number of hydrogen-bond acceptors (Lipinski definition) is 2. The largest absolute Gasteiger partial charge is 0.296 e. The van der Waals surface area contributed by atoms with Crippen LogP contribution in [0.1, 0.15) is 23.2 Å². The van der Waals surface area contributed by atoms with Crippen molar-refractivity contribution in [2.24, 2.45) is 14.1 Å². The molecule has 1 aliphatic rings. The van der Waals surface area contributed by atoms with Gasteiger partial charge in [-0.1, -0.05) is 0 Å². The van der Waals surface area contributed by atoms with Crippen molar-refractivity contribution in [3.63, 3.8) is 0 Å². The Morgan fingerprint density at radius 3 is 2.62 bits per heavy atom. The second kappa shape index (κ2) is 2.97. The van der Waals surface area contributed by atoms with Crippen molar-refractivity contribution in [3.05, 3.63) is 27.2 Å². The summed E-state index contributed by atoms with van der Waals surface area (Å²) in [5.41, 5.74) is 4.38. The molecule has 4 nitrogen and oxygen atoms in total. The van der Waals surface area contributed by atoms with E-state index in [9.17, 15) is 4.79 Å². The van der Waals surface area contributed by atoms with Gasteiger partial charge < -0.3 is 0 Å². The van der Waals surface area contributed by atoms with E-state index in [1.165, 1.54) is 10.9 Å². The van der Waals surface area contributed by atoms with E-state index in [0.29, 0.717) is 0 Å². The Morgan fingerprint density at radius 1 is 1.19 bits per heavy atom. The molecule has 1 aliphatic carbocycles. The van der Waals surface area contributed by atoms with Crippen molar-refractivity contribution in [2.75, 3.05) is 0 Å². The van der Waals surface area contributed by atoms with Gasteiger partial charge in [0.15, 0.2) is 0 Å². The lowest BCUT2D eigenvalue weighted by Gasteiger charge is -2.07. The predicted molar refractivity (Wildman–Crippen MR) is 62.7 cm³/mol. The van der Waals surface area contributed by atoms with E-state index in [1.807, 2.05) is 25.7 Å². The van der Waals surface area contributed by atoms with Crippen molar-refractivity contribution < 1.29 is 0 Å². The second-order valence-electron chi connectivity index (χ2n) is 4.58. The van der Waals surface area contributed by atoms with E-state index >= 15 is 0 Å². The SMILES string of the molecule is Cc1nn(C)c2c1c1c(c(=O)n2C)CCC1. The molecule has 0 aliphatic heterocycles. The van der Waals surface area contributed by atoms with Crippen LogP contribution < -0.4 is 5.56 Å². The molecule has 0 aromatic carbocycles. The summed E-state index contributed by atoms with van der Waals surface area (Å²) in [6, 6.07) is 0. The molecule has 2 heterocycles. The average Bonchev–Trinajstić information content (AvgIpc) is 2.79. The molecular formula is C12H15N3O. The van der Waals surface area contributed by atoms with Gasteiger partial charge in [0.05, 0.1) is 5.69 Å². The minimum absolute atomic E-state index is 0.156. The van der Waals surface area contributed by atoms with E-state index in [4.69, 9.17) is 0 Å². The number of rotatable bonds is 0. The molecule has 0 unspecified atom stereocenters. The monoisotopic (exact) mass is 217 g/mol. The second-order valence-corrected chi connectivity index (χ2v) is 4.58. The lowest BCUT2D eigenvalue weighted by molar-refractivity contribution is 0.736. The molecule has 2 aromatic rings. The van der Waals surface area contributed by atoms with Crippen LogP contribution in [0.15, 0.2) is 4.79 Å². The minimum Gasteiger partial charge on any atom is -0.296 e. The molecule has 16 heavy (non-hydrogen) atoms. The zero-order valence-corrected chi connectivity index (χ0v) is 9.87. The maximum Gasteiger partial charge on any atom is 0.255 e. The molecule has 0 spiro atoms. The van der Waals surface area contributed by atoms with Crippen LogP contribution in [-0.4, -0.2) is 14.3 Å². The van der Waals surface area contributed by atoms with Gasteiger partial charge >= 0.3 is 0 Å². The summed E-state index contributed by atoms with van der Waals surface area (Å²) in [6.07, 6.45) is 3.04. The summed E-state index contributed by atoms with van der Waals surface area (Å²) in [7, 11) is 3.74. The van der Waals surface area contributed by atoms with E-state index < -0.39 is 0 Å². The first kappa shape index (κ1) is 9.63. The molecule has 0 bridgehead atoms. The average molecular weight is 217 g/mol. The van der Waals surface area contributed by atoms with Crippen LogP contribution in [0, 0.1) is 6.92 Å². The number of aromatic nitrogens is 3. The number of hydrogen-bond donors (Lipinski definition) is 0. The normalized spacial score (nSPS) is 14.7. The summed E-state index contributed by atoms with van der Waals surface area (Å²) in [6.45, 7) is 2.02. The number of pyridine rings is 1. The summed E-state index contributed by atoms with van der Waals surface area (Å²) >= 11 is 0. The molecule has 0 saturated carbocycles. The van der Waals surface area contributed by atoms with Gasteiger partial charge in [-0.25, -0.2) is 0 Å². The van der Waals surface area contributed by atoms with Gasteiger partial charge in [-0.2, -0.15) is 5.10 Å². The third-order valence-corrected chi connectivity index (χ3v) is 3.59. The van der Waals surface area contributed by atoms with Crippen molar-refractivity contribution >= 4 is 11.0 Å². The summed E-state index contributed by atoms with van der Waals surface area (Å²) in [5, 5.41) is 5.62. The highest BCUT2D eigenvalue weighted by Crippen LogP contribution is 2.28.